The van der Waals surface area contributed by atoms with Crippen molar-refractivity contribution in [2.24, 2.45) is 5.92 Å². The molecule has 0 bridgehead atoms. The van der Waals surface area contributed by atoms with Crippen LogP contribution in [0, 0.1) is 5.92 Å². The molecule has 0 radical (unpaired) electrons. The molecule has 0 aromatic heterocycles. The highest BCUT2D eigenvalue weighted by atomic mass is 79.9. The van der Waals surface area contributed by atoms with E-state index in [2.05, 4.69) is 15.9 Å². The van der Waals surface area contributed by atoms with Crippen LogP contribution in [0.25, 0.3) is 0 Å². The van der Waals surface area contributed by atoms with E-state index in [0.717, 1.165) is 22.9 Å². The molecule has 1 aromatic carbocycles. The molecule has 0 amide bonds. The van der Waals surface area contributed by atoms with Crippen LogP contribution >= 0.6 is 39.1 Å². The average Bonchev–Trinajstić information content (AvgIpc) is 2.71. The van der Waals surface area contributed by atoms with Crippen LogP contribution in [0.1, 0.15) is 62.3 Å². The van der Waals surface area contributed by atoms with Crippen molar-refractivity contribution >= 4 is 39.1 Å². The third-order valence-corrected chi connectivity index (χ3v) is 5.69. The highest BCUT2D eigenvalue weighted by Gasteiger charge is 2.20. The minimum absolute atomic E-state index is 0.265. The van der Waals surface area contributed by atoms with Crippen molar-refractivity contribution in [3.63, 3.8) is 0 Å². The number of rotatable bonds is 5. The van der Waals surface area contributed by atoms with Gasteiger partial charge in [-0.15, -0.1) is 0 Å². The fourth-order valence-electron chi connectivity index (χ4n) is 3.07. The summed E-state index contributed by atoms with van der Waals surface area (Å²) >= 11 is 16.5. The zero-order valence-electron chi connectivity index (χ0n) is 12.5. The molecule has 1 saturated carbocycles. The lowest BCUT2D eigenvalue weighted by Crippen LogP contribution is -2.04. The molecule has 1 aliphatic carbocycles. The summed E-state index contributed by atoms with van der Waals surface area (Å²) in [6.45, 7) is 2.53. The molecule has 2 rings (SSSR count). The number of alkyl halides is 1. The minimum Gasteiger partial charge on any atom is -0.492 e. The Hall–Kier alpha value is 0.0800. The molecule has 4 heteroatoms. The molecule has 0 saturated heterocycles. The summed E-state index contributed by atoms with van der Waals surface area (Å²) in [4.78, 5) is 0.265. The molecule has 0 heterocycles. The molecule has 1 fully saturated rings. The molecule has 118 valence electrons. The number of benzene rings is 1. The third-order valence-electron chi connectivity index (χ3n) is 4.20. The summed E-state index contributed by atoms with van der Waals surface area (Å²) in [5.74, 6) is 1.46. The van der Waals surface area contributed by atoms with E-state index in [1.54, 1.807) is 0 Å². The number of hydrogen-bond donors (Lipinski definition) is 0. The van der Waals surface area contributed by atoms with E-state index in [-0.39, 0.29) is 4.83 Å². The molecule has 1 atom stereocenters. The number of halogens is 3. The average molecular weight is 394 g/mol. The normalized spacial score (nSPS) is 18.3. The van der Waals surface area contributed by atoms with Crippen LogP contribution in [0.2, 0.25) is 10.0 Å². The van der Waals surface area contributed by atoms with E-state index in [4.69, 9.17) is 27.9 Å². The monoisotopic (exact) mass is 392 g/mol. The first kappa shape index (κ1) is 17.4. The first-order valence-electron chi connectivity index (χ1n) is 7.87. The van der Waals surface area contributed by atoms with Crippen molar-refractivity contribution in [3.05, 3.63) is 27.7 Å². The van der Waals surface area contributed by atoms with Gasteiger partial charge in [0.2, 0.25) is 0 Å². The maximum absolute atomic E-state index is 6.41. The topological polar surface area (TPSA) is 9.23 Å². The standard InChI is InChI=1S/C17H23BrCl2O/c1-2-21-17-11-15(19)13(10-16(17)20)14(18)9-12-7-5-3-4-6-8-12/h10-12,14H,2-9H2,1H3. The highest BCUT2D eigenvalue weighted by Crippen LogP contribution is 2.41. The van der Waals surface area contributed by atoms with E-state index >= 15 is 0 Å². The second kappa shape index (κ2) is 8.64. The SMILES string of the molecule is CCOc1cc(Cl)c(C(Br)CC2CCCCCC2)cc1Cl. The largest absolute Gasteiger partial charge is 0.492 e. The van der Waals surface area contributed by atoms with Gasteiger partial charge in [0.05, 0.1) is 11.6 Å². The minimum atomic E-state index is 0.265. The van der Waals surface area contributed by atoms with Gasteiger partial charge in [-0.1, -0.05) is 77.7 Å². The van der Waals surface area contributed by atoms with Gasteiger partial charge in [0.1, 0.15) is 5.75 Å². The summed E-state index contributed by atoms with van der Waals surface area (Å²) in [6.07, 6.45) is 9.31. The van der Waals surface area contributed by atoms with Crippen molar-refractivity contribution in [1.29, 1.82) is 0 Å². The first-order valence-corrected chi connectivity index (χ1v) is 9.54. The molecule has 1 unspecified atom stereocenters. The number of hydrogen-bond acceptors (Lipinski definition) is 1. The molecular formula is C17H23BrCl2O. The molecule has 1 nitrogen and oxygen atoms in total. The van der Waals surface area contributed by atoms with Gasteiger partial charge in [-0.25, -0.2) is 0 Å². The van der Waals surface area contributed by atoms with Gasteiger partial charge in [-0.2, -0.15) is 0 Å². The Morgan fingerprint density at radius 1 is 1.14 bits per heavy atom. The molecule has 0 N–H and O–H groups in total. The number of ether oxygens (including phenoxy) is 1. The highest BCUT2D eigenvalue weighted by molar-refractivity contribution is 9.09. The van der Waals surface area contributed by atoms with Crippen molar-refractivity contribution < 1.29 is 4.74 Å². The Labute approximate surface area is 146 Å². The molecular weight excluding hydrogens is 371 g/mol. The van der Waals surface area contributed by atoms with Gasteiger partial charge in [0.25, 0.3) is 0 Å². The lowest BCUT2D eigenvalue weighted by molar-refractivity contribution is 0.340. The van der Waals surface area contributed by atoms with Gasteiger partial charge in [0.15, 0.2) is 0 Å². The van der Waals surface area contributed by atoms with E-state index in [9.17, 15) is 0 Å². The Balaban J connectivity index is 2.07. The van der Waals surface area contributed by atoms with Crippen LogP contribution in [0.3, 0.4) is 0 Å². The maximum Gasteiger partial charge on any atom is 0.139 e. The van der Waals surface area contributed by atoms with Gasteiger partial charge in [-0.05, 0) is 30.9 Å². The van der Waals surface area contributed by atoms with Gasteiger partial charge < -0.3 is 4.74 Å². The summed E-state index contributed by atoms with van der Waals surface area (Å²) < 4.78 is 5.49. The van der Waals surface area contributed by atoms with E-state index in [0.29, 0.717) is 17.4 Å². The Morgan fingerprint density at radius 2 is 1.81 bits per heavy atom. The van der Waals surface area contributed by atoms with E-state index in [1.165, 1.54) is 38.5 Å². The quantitative estimate of drug-likeness (QED) is 0.379. The Morgan fingerprint density at radius 3 is 2.43 bits per heavy atom. The van der Waals surface area contributed by atoms with Crippen LogP contribution in [0.4, 0.5) is 0 Å². The summed E-state index contributed by atoms with van der Waals surface area (Å²) in [6, 6.07) is 3.79. The lowest BCUT2D eigenvalue weighted by atomic mass is 9.93. The van der Waals surface area contributed by atoms with Crippen LogP contribution in [-0.2, 0) is 0 Å². The smallest absolute Gasteiger partial charge is 0.139 e. The third kappa shape index (κ3) is 5.04. The molecule has 1 aromatic rings. The van der Waals surface area contributed by atoms with Crippen molar-refractivity contribution in [2.45, 2.75) is 56.7 Å². The molecule has 0 spiro atoms. The zero-order valence-corrected chi connectivity index (χ0v) is 15.6. The Kier molecular flexibility index (Phi) is 7.18. The first-order chi connectivity index (χ1) is 10.1. The molecule has 1 aliphatic rings. The van der Waals surface area contributed by atoms with Crippen molar-refractivity contribution in [1.82, 2.24) is 0 Å². The van der Waals surface area contributed by atoms with Crippen molar-refractivity contribution in [2.75, 3.05) is 6.61 Å². The summed E-state index contributed by atoms with van der Waals surface area (Å²) in [5.41, 5.74) is 1.08. The zero-order chi connectivity index (χ0) is 15.2. The predicted molar refractivity (Wildman–Crippen MR) is 95.1 cm³/mol. The fraction of sp³-hybridized carbons (Fsp3) is 0.647. The van der Waals surface area contributed by atoms with Crippen LogP contribution in [0.5, 0.6) is 5.75 Å². The van der Waals surface area contributed by atoms with E-state index < -0.39 is 0 Å². The summed E-state index contributed by atoms with van der Waals surface area (Å²) in [5, 5.41) is 1.37. The molecule has 21 heavy (non-hydrogen) atoms. The van der Waals surface area contributed by atoms with Crippen LogP contribution < -0.4 is 4.74 Å². The Bertz CT molecular complexity index is 456. The van der Waals surface area contributed by atoms with Crippen LogP contribution in [-0.4, -0.2) is 6.61 Å². The summed E-state index contributed by atoms with van der Waals surface area (Å²) in [7, 11) is 0. The van der Waals surface area contributed by atoms with Crippen LogP contribution in [0.15, 0.2) is 12.1 Å². The fourth-order valence-corrected chi connectivity index (χ4v) is 4.62. The van der Waals surface area contributed by atoms with Gasteiger partial charge in [0, 0.05) is 15.9 Å². The van der Waals surface area contributed by atoms with Gasteiger partial charge in [-0.3, -0.25) is 0 Å². The second-order valence-electron chi connectivity index (χ2n) is 5.80. The lowest BCUT2D eigenvalue weighted by Gasteiger charge is -2.20. The second-order valence-corrected chi connectivity index (χ2v) is 7.72. The molecule has 0 aliphatic heterocycles. The maximum atomic E-state index is 6.41. The predicted octanol–water partition coefficient (Wildman–Crippen LogP) is 7.19. The van der Waals surface area contributed by atoms with Crippen molar-refractivity contribution in [3.8, 4) is 5.75 Å². The van der Waals surface area contributed by atoms with Gasteiger partial charge >= 0.3 is 0 Å². The van der Waals surface area contributed by atoms with E-state index in [1.807, 2.05) is 19.1 Å².